The lowest BCUT2D eigenvalue weighted by molar-refractivity contribution is -0.121. The summed E-state index contributed by atoms with van der Waals surface area (Å²) < 4.78 is 0. The zero-order valence-electron chi connectivity index (χ0n) is 15.0. The van der Waals surface area contributed by atoms with E-state index in [9.17, 15) is 9.90 Å². The van der Waals surface area contributed by atoms with E-state index < -0.39 is 0 Å². The Morgan fingerprint density at radius 1 is 1.04 bits per heavy atom. The summed E-state index contributed by atoms with van der Waals surface area (Å²) in [6, 6.07) is 11.3. The van der Waals surface area contributed by atoms with E-state index in [0.717, 1.165) is 23.6 Å². The van der Waals surface area contributed by atoms with Crippen LogP contribution in [0.2, 0.25) is 0 Å². The Kier molecular flexibility index (Phi) is 7.96. The molecule has 2 N–H and O–H groups in total. The van der Waals surface area contributed by atoms with Crippen molar-refractivity contribution in [2.75, 3.05) is 0 Å². The molecule has 0 aromatic heterocycles. The van der Waals surface area contributed by atoms with Crippen molar-refractivity contribution in [1.82, 2.24) is 5.43 Å². The topological polar surface area (TPSA) is 61.7 Å². The highest BCUT2D eigenvalue weighted by Crippen LogP contribution is 2.25. The minimum absolute atomic E-state index is 0.0791. The summed E-state index contributed by atoms with van der Waals surface area (Å²) in [6.45, 7) is 2.21. The summed E-state index contributed by atoms with van der Waals surface area (Å²) in [5, 5.41) is 16.0. The number of benzene rings is 2. The van der Waals surface area contributed by atoms with Gasteiger partial charge in [0.05, 0.1) is 6.21 Å². The number of carbonyl (C=O) groups excluding carboxylic acids is 1. The Labute approximate surface area is 149 Å². The van der Waals surface area contributed by atoms with E-state index in [0.29, 0.717) is 12.0 Å². The summed E-state index contributed by atoms with van der Waals surface area (Å²) in [5.74, 6) is 0.0771. The van der Waals surface area contributed by atoms with Gasteiger partial charge in [-0.2, -0.15) is 5.10 Å². The van der Waals surface area contributed by atoms with Gasteiger partial charge < -0.3 is 5.11 Å². The Bertz CT molecular complexity index is 710. The van der Waals surface area contributed by atoms with Crippen molar-refractivity contribution in [3.05, 3.63) is 42.0 Å². The fraction of sp³-hybridized carbons (Fsp3) is 0.429. The first-order valence-electron chi connectivity index (χ1n) is 9.25. The fourth-order valence-electron chi connectivity index (χ4n) is 2.89. The monoisotopic (exact) mass is 340 g/mol. The summed E-state index contributed by atoms with van der Waals surface area (Å²) in [7, 11) is 0. The van der Waals surface area contributed by atoms with Crippen LogP contribution in [0.25, 0.3) is 10.8 Å². The van der Waals surface area contributed by atoms with E-state index in [2.05, 4.69) is 17.5 Å². The normalized spacial score (nSPS) is 11.2. The molecule has 2 rings (SSSR count). The molecule has 4 heteroatoms. The number of phenolic OH excluding ortho intramolecular Hbond substituents is 1. The first-order valence-corrected chi connectivity index (χ1v) is 9.25. The van der Waals surface area contributed by atoms with Gasteiger partial charge in [0.25, 0.3) is 0 Å². The molecule has 0 saturated heterocycles. The molecule has 0 aliphatic rings. The molecule has 0 heterocycles. The highest BCUT2D eigenvalue weighted by molar-refractivity contribution is 6.02. The van der Waals surface area contributed by atoms with Crippen LogP contribution in [-0.2, 0) is 4.79 Å². The van der Waals surface area contributed by atoms with Crippen LogP contribution in [-0.4, -0.2) is 17.2 Å². The minimum Gasteiger partial charge on any atom is -0.507 e. The van der Waals surface area contributed by atoms with Crippen LogP contribution in [0.1, 0.15) is 63.9 Å². The number of rotatable bonds is 10. The average Bonchev–Trinajstić information content (AvgIpc) is 2.63. The number of hydrogen-bond acceptors (Lipinski definition) is 3. The number of nitrogens with zero attached hydrogens (tertiary/aromatic N) is 1. The number of hydrazone groups is 1. The molecule has 0 unspecified atom stereocenters. The van der Waals surface area contributed by atoms with Crippen LogP contribution < -0.4 is 5.43 Å². The Hall–Kier alpha value is -2.36. The molecule has 25 heavy (non-hydrogen) atoms. The van der Waals surface area contributed by atoms with E-state index in [4.69, 9.17) is 0 Å². The molecule has 1 amide bonds. The van der Waals surface area contributed by atoms with Gasteiger partial charge >= 0.3 is 0 Å². The Morgan fingerprint density at radius 3 is 2.56 bits per heavy atom. The first-order chi connectivity index (χ1) is 12.2. The second-order valence-electron chi connectivity index (χ2n) is 6.38. The molecule has 2 aromatic rings. The van der Waals surface area contributed by atoms with Gasteiger partial charge in [0.15, 0.2) is 0 Å². The Balaban J connectivity index is 1.77. The van der Waals surface area contributed by atoms with Crippen molar-refractivity contribution >= 4 is 22.9 Å². The zero-order valence-corrected chi connectivity index (χ0v) is 15.0. The molecule has 0 spiro atoms. The molecular weight excluding hydrogens is 312 g/mol. The summed E-state index contributed by atoms with van der Waals surface area (Å²) in [6.07, 6.45) is 10.3. The van der Waals surface area contributed by atoms with E-state index in [1.54, 1.807) is 6.07 Å². The van der Waals surface area contributed by atoms with Crippen molar-refractivity contribution in [2.24, 2.45) is 5.10 Å². The second-order valence-corrected chi connectivity index (χ2v) is 6.38. The lowest BCUT2D eigenvalue weighted by atomic mass is 10.0. The molecule has 0 aliphatic heterocycles. The smallest absolute Gasteiger partial charge is 0.240 e. The maximum atomic E-state index is 11.8. The Morgan fingerprint density at radius 2 is 1.76 bits per heavy atom. The second kappa shape index (κ2) is 10.5. The van der Waals surface area contributed by atoms with E-state index >= 15 is 0 Å². The summed E-state index contributed by atoms with van der Waals surface area (Å²) in [5.41, 5.74) is 3.17. The van der Waals surface area contributed by atoms with Crippen molar-refractivity contribution in [2.45, 2.75) is 58.3 Å². The summed E-state index contributed by atoms with van der Waals surface area (Å²) >= 11 is 0. The van der Waals surface area contributed by atoms with E-state index in [-0.39, 0.29) is 11.7 Å². The third kappa shape index (κ3) is 6.22. The van der Waals surface area contributed by atoms with Gasteiger partial charge in [-0.05, 0) is 23.3 Å². The molecule has 0 bridgehead atoms. The zero-order chi connectivity index (χ0) is 17.9. The summed E-state index contributed by atoms with van der Waals surface area (Å²) in [4.78, 5) is 11.8. The van der Waals surface area contributed by atoms with Crippen molar-refractivity contribution in [3.63, 3.8) is 0 Å². The predicted octanol–water partition coefficient (Wildman–Crippen LogP) is 5.14. The van der Waals surface area contributed by atoms with Gasteiger partial charge in [0.2, 0.25) is 5.91 Å². The van der Waals surface area contributed by atoms with Gasteiger partial charge in [-0.25, -0.2) is 5.43 Å². The lowest BCUT2D eigenvalue weighted by Crippen LogP contribution is -2.16. The molecule has 0 fully saturated rings. The van der Waals surface area contributed by atoms with E-state index in [1.165, 1.54) is 38.3 Å². The molecular formula is C21H28N2O2. The molecule has 0 radical (unpaired) electrons. The molecule has 134 valence electrons. The third-order valence-corrected chi connectivity index (χ3v) is 4.34. The van der Waals surface area contributed by atoms with Crippen LogP contribution in [0, 0.1) is 0 Å². The standard InChI is InChI=1S/C21H28N2O2/c1-2-3-4-5-6-7-8-13-21(25)23-22-16-19-18-12-10-9-11-17(18)14-15-20(19)24/h9-12,14-16,24H,2-8,13H2,1H3,(H,23,25). The van der Waals surface area contributed by atoms with Gasteiger partial charge in [-0.1, -0.05) is 75.8 Å². The number of aromatic hydroxyl groups is 1. The molecule has 0 atom stereocenters. The molecule has 4 nitrogen and oxygen atoms in total. The molecule has 2 aromatic carbocycles. The van der Waals surface area contributed by atoms with Crippen molar-refractivity contribution in [1.29, 1.82) is 0 Å². The molecule has 0 aliphatic carbocycles. The van der Waals surface area contributed by atoms with Gasteiger partial charge in [0.1, 0.15) is 5.75 Å². The highest BCUT2D eigenvalue weighted by atomic mass is 16.3. The number of nitrogens with one attached hydrogen (secondary N) is 1. The van der Waals surface area contributed by atoms with Crippen molar-refractivity contribution < 1.29 is 9.90 Å². The van der Waals surface area contributed by atoms with E-state index in [1.807, 2.05) is 30.3 Å². The largest absolute Gasteiger partial charge is 0.507 e. The van der Waals surface area contributed by atoms with Crippen LogP contribution in [0.4, 0.5) is 0 Å². The van der Waals surface area contributed by atoms with Crippen molar-refractivity contribution in [3.8, 4) is 5.75 Å². The quantitative estimate of drug-likeness (QED) is 0.357. The number of amides is 1. The predicted molar refractivity (Wildman–Crippen MR) is 104 cm³/mol. The maximum Gasteiger partial charge on any atom is 0.240 e. The van der Waals surface area contributed by atoms with Crippen LogP contribution >= 0.6 is 0 Å². The van der Waals surface area contributed by atoms with Gasteiger partial charge in [-0.15, -0.1) is 0 Å². The minimum atomic E-state index is -0.0791. The lowest BCUT2D eigenvalue weighted by Gasteiger charge is -2.05. The SMILES string of the molecule is CCCCCCCCCC(=O)NN=Cc1c(O)ccc2ccccc12. The van der Waals surface area contributed by atoms with Gasteiger partial charge in [-0.3, -0.25) is 4.79 Å². The van der Waals surface area contributed by atoms with Crippen LogP contribution in [0.5, 0.6) is 5.75 Å². The third-order valence-electron chi connectivity index (χ3n) is 4.34. The number of phenols is 1. The first kappa shape index (κ1) is 19.0. The number of fused-ring (bicyclic) bond motifs is 1. The number of carbonyl (C=O) groups is 1. The number of hydrogen-bond donors (Lipinski definition) is 2. The van der Waals surface area contributed by atoms with Crippen LogP contribution in [0.15, 0.2) is 41.5 Å². The van der Waals surface area contributed by atoms with Crippen LogP contribution in [0.3, 0.4) is 0 Å². The van der Waals surface area contributed by atoms with Gasteiger partial charge in [0, 0.05) is 12.0 Å². The molecule has 0 saturated carbocycles. The number of unbranched alkanes of at least 4 members (excludes halogenated alkanes) is 6. The average molecular weight is 340 g/mol. The highest BCUT2D eigenvalue weighted by Gasteiger charge is 2.05. The fourth-order valence-corrected chi connectivity index (χ4v) is 2.89. The maximum absolute atomic E-state index is 11.8.